The highest BCUT2D eigenvalue weighted by Gasteiger charge is 2.19. The van der Waals surface area contributed by atoms with Gasteiger partial charge in [0.15, 0.2) is 0 Å². The Bertz CT molecular complexity index is 735. The molecule has 1 aromatic heterocycles. The molecule has 0 aliphatic rings. The molecule has 0 saturated carbocycles. The predicted molar refractivity (Wildman–Crippen MR) is 94.3 cm³/mol. The van der Waals surface area contributed by atoms with Crippen molar-refractivity contribution < 1.29 is 14.3 Å². The zero-order valence-electron chi connectivity index (χ0n) is 14.2. The van der Waals surface area contributed by atoms with Crippen LogP contribution >= 0.6 is 11.3 Å². The maximum absolute atomic E-state index is 11.9. The van der Waals surface area contributed by atoms with E-state index in [1.165, 1.54) is 7.11 Å². The minimum Gasteiger partial charge on any atom is -0.497 e. The molecule has 24 heavy (non-hydrogen) atoms. The van der Waals surface area contributed by atoms with Gasteiger partial charge in [-0.05, 0) is 12.1 Å². The summed E-state index contributed by atoms with van der Waals surface area (Å²) in [6.45, 7) is 6.46. The Hall–Kier alpha value is -2.41. The van der Waals surface area contributed by atoms with Gasteiger partial charge in [-0.1, -0.05) is 26.8 Å². The highest BCUT2D eigenvalue weighted by atomic mass is 32.1. The third kappa shape index (κ3) is 4.79. The van der Waals surface area contributed by atoms with Crippen LogP contribution in [-0.4, -0.2) is 23.9 Å². The van der Waals surface area contributed by atoms with Crippen LogP contribution in [-0.2, 0) is 21.5 Å². The van der Waals surface area contributed by atoms with Gasteiger partial charge in [0, 0.05) is 22.5 Å². The number of methoxy groups -OCH3 is 1. The maximum Gasteiger partial charge on any atom is 0.313 e. The lowest BCUT2D eigenvalue weighted by Crippen LogP contribution is -2.35. The summed E-state index contributed by atoms with van der Waals surface area (Å²) in [4.78, 5) is 28.3. The van der Waals surface area contributed by atoms with E-state index in [9.17, 15) is 9.59 Å². The largest absolute Gasteiger partial charge is 0.497 e. The van der Waals surface area contributed by atoms with Crippen molar-refractivity contribution in [3.05, 3.63) is 40.3 Å². The van der Waals surface area contributed by atoms with Crippen molar-refractivity contribution in [1.29, 1.82) is 0 Å². The lowest BCUT2D eigenvalue weighted by Gasteiger charge is -2.13. The van der Waals surface area contributed by atoms with E-state index in [4.69, 9.17) is 4.74 Å². The molecule has 0 spiro atoms. The summed E-state index contributed by atoms with van der Waals surface area (Å²) >= 11 is 1.55. The van der Waals surface area contributed by atoms with Crippen molar-refractivity contribution >= 4 is 28.8 Å². The highest BCUT2D eigenvalue weighted by molar-refractivity contribution is 7.09. The van der Waals surface area contributed by atoms with E-state index >= 15 is 0 Å². The molecule has 0 aliphatic heterocycles. The van der Waals surface area contributed by atoms with Crippen LogP contribution in [0.1, 0.15) is 31.5 Å². The van der Waals surface area contributed by atoms with E-state index < -0.39 is 11.8 Å². The van der Waals surface area contributed by atoms with Gasteiger partial charge in [-0.25, -0.2) is 4.98 Å². The van der Waals surface area contributed by atoms with Crippen LogP contribution in [0.4, 0.5) is 5.69 Å². The fourth-order valence-corrected chi connectivity index (χ4v) is 2.78. The second kappa shape index (κ2) is 7.44. The minimum absolute atomic E-state index is 0.0311. The molecule has 2 N–H and O–H groups in total. The van der Waals surface area contributed by atoms with Crippen molar-refractivity contribution in [3.8, 4) is 5.75 Å². The number of hydrogen-bond donors (Lipinski definition) is 2. The smallest absolute Gasteiger partial charge is 0.313 e. The number of amides is 2. The topological polar surface area (TPSA) is 80.3 Å². The second-order valence-electron chi connectivity index (χ2n) is 6.26. The first-order valence-corrected chi connectivity index (χ1v) is 8.35. The summed E-state index contributed by atoms with van der Waals surface area (Å²) in [6, 6.07) is 6.81. The van der Waals surface area contributed by atoms with Crippen LogP contribution in [0.2, 0.25) is 0 Å². The van der Waals surface area contributed by atoms with Gasteiger partial charge < -0.3 is 15.4 Å². The average Bonchev–Trinajstić information content (AvgIpc) is 3.02. The van der Waals surface area contributed by atoms with Crippen LogP contribution in [0.3, 0.4) is 0 Å². The van der Waals surface area contributed by atoms with E-state index in [2.05, 4.69) is 36.4 Å². The molecule has 2 rings (SSSR count). The molecule has 0 bridgehead atoms. The third-order valence-electron chi connectivity index (χ3n) is 3.16. The number of nitrogens with one attached hydrogen (secondary N) is 2. The van der Waals surface area contributed by atoms with Crippen LogP contribution in [0.25, 0.3) is 0 Å². The van der Waals surface area contributed by atoms with Crippen LogP contribution in [0.5, 0.6) is 5.75 Å². The predicted octanol–water partition coefficient (Wildman–Crippen LogP) is 2.70. The van der Waals surface area contributed by atoms with Crippen molar-refractivity contribution in [3.63, 3.8) is 0 Å². The summed E-state index contributed by atoms with van der Waals surface area (Å²) in [5, 5.41) is 7.99. The zero-order chi connectivity index (χ0) is 17.7. The molecule has 0 fully saturated rings. The Labute approximate surface area is 145 Å². The number of benzene rings is 1. The summed E-state index contributed by atoms with van der Waals surface area (Å²) in [5.41, 5.74) is 1.21. The Balaban J connectivity index is 1.90. The Morgan fingerprint density at radius 2 is 2.00 bits per heavy atom. The van der Waals surface area contributed by atoms with Gasteiger partial charge in [-0.2, -0.15) is 0 Å². The fourth-order valence-electron chi connectivity index (χ4n) is 1.87. The first-order valence-electron chi connectivity index (χ1n) is 7.47. The lowest BCUT2D eigenvalue weighted by molar-refractivity contribution is -0.136. The Kier molecular flexibility index (Phi) is 5.56. The normalized spacial score (nSPS) is 11.0. The molecule has 7 heteroatoms. The van der Waals surface area contributed by atoms with Crippen LogP contribution in [0.15, 0.2) is 29.6 Å². The first-order chi connectivity index (χ1) is 11.3. The van der Waals surface area contributed by atoms with E-state index in [-0.39, 0.29) is 12.0 Å². The van der Waals surface area contributed by atoms with Gasteiger partial charge in [0.25, 0.3) is 0 Å². The Morgan fingerprint density at radius 3 is 2.62 bits per heavy atom. The van der Waals surface area contributed by atoms with Gasteiger partial charge in [0.1, 0.15) is 5.75 Å². The zero-order valence-corrected chi connectivity index (χ0v) is 15.0. The van der Waals surface area contributed by atoms with Crippen molar-refractivity contribution in [2.75, 3.05) is 12.4 Å². The molecule has 6 nitrogen and oxygen atoms in total. The second-order valence-corrected chi connectivity index (χ2v) is 7.12. The molecular formula is C17H21N3O3S. The average molecular weight is 347 g/mol. The van der Waals surface area contributed by atoms with E-state index in [1.54, 1.807) is 35.6 Å². The van der Waals surface area contributed by atoms with Gasteiger partial charge in [0.2, 0.25) is 0 Å². The van der Waals surface area contributed by atoms with Crippen LogP contribution in [0, 0.1) is 0 Å². The number of carbonyl (C=O) groups is 2. The van der Waals surface area contributed by atoms with Gasteiger partial charge in [0.05, 0.1) is 24.4 Å². The summed E-state index contributed by atoms with van der Waals surface area (Å²) in [5.74, 6) is -0.831. The van der Waals surface area contributed by atoms with Gasteiger partial charge >= 0.3 is 11.8 Å². The minimum atomic E-state index is -0.727. The number of thiazole rings is 1. The quantitative estimate of drug-likeness (QED) is 0.834. The summed E-state index contributed by atoms with van der Waals surface area (Å²) in [6.07, 6.45) is 0. The number of aromatic nitrogens is 1. The summed E-state index contributed by atoms with van der Waals surface area (Å²) in [7, 11) is 1.54. The van der Waals surface area contributed by atoms with Crippen molar-refractivity contribution in [2.24, 2.45) is 0 Å². The molecule has 0 saturated heterocycles. The van der Waals surface area contributed by atoms with E-state index in [1.807, 2.05) is 5.38 Å². The monoisotopic (exact) mass is 347 g/mol. The Morgan fingerprint density at radius 1 is 1.25 bits per heavy atom. The van der Waals surface area contributed by atoms with Crippen molar-refractivity contribution in [2.45, 2.75) is 32.7 Å². The SMILES string of the molecule is COc1cccc(NC(=O)C(=O)NCc2csc(C(C)(C)C)n2)c1. The number of rotatable bonds is 4. The fraction of sp³-hybridized carbons (Fsp3) is 0.353. The molecule has 0 atom stereocenters. The molecule has 128 valence electrons. The third-order valence-corrected chi connectivity index (χ3v) is 4.47. The molecule has 0 aliphatic carbocycles. The van der Waals surface area contributed by atoms with Gasteiger partial charge in [-0.3, -0.25) is 9.59 Å². The number of carbonyl (C=O) groups excluding carboxylic acids is 2. The maximum atomic E-state index is 11.9. The molecule has 2 amide bonds. The van der Waals surface area contributed by atoms with Crippen LogP contribution < -0.4 is 15.4 Å². The number of ether oxygens (including phenoxy) is 1. The molecule has 0 radical (unpaired) electrons. The number of anilines is 1. The molecule has 0 unspecified atom stereocenters. The van der Waals surface area contributed by atoms with E-state index in [0.717, 1.165) is 10.7 Å². The van der Waals surface area contributed by atoms with Gasteiger partial charge in [-0.15, -0.1) is 11.3 Å². The number of hydrogen-bond acceptors (Lipinski definition) is 5. The number of nitrogens with zero attached hydrogens (tertiary/aromatic N) is 1. The lowest BCUT2D eigenvalue weighted by atomic mass is 9.98. The summed E-state index contributed by atoms with van der Waals surface area (Å²) < 4.78 is 5.07. The molecule has 1 aromatic carbocycles. The van der Waals surface area contributed by atoms with Crippen molar-refractivity contribution in [1.82, 2.24) is 10.3 Å². The molecular weight excluding hydrogens is 326 g/mol. The molecule has 1 heterocycles. The standard InChI is InChI=1S/C17H21N3O3S/c1-17(2,3)16-20-12(10-24-16)9-18-14(21)15(22)19-11-6-5-7-13(8-11)23-4/h5-8,10H,9H2,1-4H3,(H,18,21)(H,19,22). The highest BCUT2D eigenvalue weighted by Crippen LogP contribution is 2.25. The molecule has 2 aromatic rings. The first kappa shape index (κ1) is 17.9. The van der Waals surface area contributed by atoms with E-state index in [0.29, 0.717) is 11.4 Å².